The van der Waals surface area contributed by atoms with E-state index < -0.39 is 5.43 Å². The van der Waals surface area contributed by atoms with Gasteiger partial charge in [0.1, 0.15) is 11.6 Å². The molecule has 1 aromatic carbocycles. The number of rotatable bonds is 1. The monoisotopic (exact) mass is 216 g/mol. The number of phenolic OH excluding ortho intramolecular Hbond substituents is 1. The first-order valence-electron chi connectivity index (χ1n) is 4.50. The van der Waals surface area contributed by atoms with Gasteiger partial charge in [-0.1, -0.05) is 0 Å². The van der Waals surface area contributed by atoms with E-state index in [0.29, 0.717) is 5.52 Å². The van der Waals surface area contributed by atoms with Crippen molar-refractivity contribution in [1.29, 1.82) is 5.26 Å². The molecule has 0 unspecified atom stereocenters. The highest BCUT2D eigenvalue weighted by molar-refractivity contribution is 5.83. The first-order chi connectivity index (χ1) is 7.67. The van der Waals surface area contributed by atoms with Gasteiger partial charge in [0.05, 0.1) is 18.0 Å². The third-order valence-corrected chi connectivity index (χ3v) is 2.30. The van der Waals surface area contributed by atoms with Gasteiger partial charge in [-0.05, 0) is 6.07 Å². The summed E-state index contributed by atoms with van der Waals surface area (Å²) in [5.74, 6) is 0.142. The van der Waals surface area contributed by atoms with Crippen LogP contribution in [0.15, 0.2) is 23.1 Å². The minimum Gasteiger partial charge on any atom is -0.504 e. The van der Waals surface area contributed by atoms with Crippen molar-refractivity contribution in [2.45, 2.75) is 0 Å². The second-order valence-electron chi connectivity index (χ2n) is 3.21. The largest absolute Gasteiger partial charge is 0.504 e. The van der Waals surface area contributed by atoms with Gasteiger partial charge in [0.15, 0.2) is 11.5 Å². The molecule has 1 aromatic heterocycles. The second-order valence-corrected chi connectivity index (χ2v) is 3.21. The number of pyridine rings is 1. The van der Waals surface area contributed by atoms with E-state index in [9.17, 15) is 9.90 Å². The standard InChI is InChI=1S/C11H8N2O3/c1-16-10-3-8-7(2-9(10)14)11(15)6(4-12)5-13-8/h2-3,5,14H,1H3,(H,13,15). The van der Waals surface area contributed by atoms with Crippen LogP contribution >= 0.6 is 0 Å². The number of ether oxygens (including phenoxy) is 1. The third kappa shape index (κ3) is 1.37. The first-order valence-corrected chi connectivity index (χ1v) is 4.50. The molecule has 0 spiro atoms. The van der Waals surface area contributed by atoms with E-state index in [0.717, 1.165) is 0 Å². The molecule has 80 valence electrons. The molecule has 0 amide bonds. The second kappa shape index (κ2) is 3.59. The molecule has 5 nitrogen and oxygen atoms in total. The zero-order valence-corrected chi connectivity index (χ0v) is 8.44. The summed E-state index contributed by atoms with van der Waals surface area (Å²) in [6, 6.07) is 4.57. The SMILES string of the molecule is COc1cc2[nH]cc(C#N)c(=O)c2cc1O. The number of H-pyrrole nitrogens is 1. The Hall–Kier alpha value is -2.48. The van der Waals surface area contributed by atoms with Gasteiger partial charge in [0.25, 0.3) is 0 Å². The van der Waals surface area contributed by atoms with Gasteiger partial charge < -0.3 is 14.8 Å². The Morgan fingerprint density at radius 1 is 1.50 bits per heavy atom. The maximum absolute atomic E-state index is 11.7. The van der Waals surface area contributed by atoms with E-state index in [1.165, 1.54) is 25.4 Å². The van der Waals surface area contributed by atoms with Crippen LogP contribution in [0.1, 0.15) is 5.56 Å². The van der Waals surface area contributed by atoms with Crippen molar-refractivity contribution in [2.75, 3.05) is 7.11 Å². The van der Waals surface area contributed by atoms with Crippen molar-refractivity contribution in [3.8, 4) is 17.6 Å². The van der Waals surface area contributed by atoms with E-state index >= 15 is 0 Å². The van der Waals surface area contributed by atoms with Crippen molar-refractivity contribution < 1.29 is 9.84 Å². The molecule has 0 aliphatic rings. The summed E-state index contributed by atoms with van der Waals surface area (Å²) in [6.45, 7) is 0. The molecule has 0 aliphatic heterocycles. The van der Waals surface area contributed by atoms with Crippen molar-refractivity contribution in [1.82, 2.24) is 4.98 Å². The number of benzene rings is 1. The molecule has 0 fully saturated rings. The minimum absolute atomic E-state index is 0.0112. The quantitative estimate of drug-likeness (QED) is 0.747. The highest BCUT2D eigenvalue weighted by atomic mass is 16.5. The number of aromatic nitrogens is 1. The van der Waals surface area contributed by atoms with Crippen LogP contribution in [0.4, 0.5) is 0 Å². The lowest BCUT2D eigenvalue weighted by Gasteiger charge is -2.05. The summed E-state index contributed by atoms with van der Waals surface area (Å²) in [5.41, 5.74) is 0.116. The fourth-order valence-corrected chi connectivity index (χ4v) is 1.48. The van der Waals surface area contributed by atoms with Gasteiger partial charge in [-0.3, -0.25) is 4.79 Å². The van der Waals surface area contributed by atoms with Crippen molar-refractivity contribution in [3.63, 3.8) is 0 Å². The Morgan fingerprint density at radius 2 is 2.25 bits per heavy atom. The molecule has 0 saturated heterocycles. The Morgan fingerprint density at radius 3 is 2.88 bits per heavy atom. The average Bonchev–Trinajstić information content (AvgIpc) is 2.30. The fraction of sp³-hybridized carbons (Fsp3) is 0.0909. The minimum atomic E-state index is -0.408. The Balaban J connectivity index is 2.88. The Bertz CT molecular complexity index is 653. The van der Waals surface area contributed by atoms with Crippen LogP contribution < -0.4 is 10.2 Å². The Kier molecular flexibility index (Phi) is 2.25. The van der Waals surface area contributed by atoms with Gasteiger partial charge in [-0.15, -0.1) is 0 Å². The Labute approximate surface area is 90.5 Å². The van der Waals surface area contributed by atoms with E-state index in [1.807, 2.05) is 0 Å². The number of fused-ring (bicyclic) bond motifs is 1. The predicted molar refractivity (Wildman–Crippen MR) is 57.5 cm³/mol. The predicted octanol–water partition coefficient (Wildman–Crippen LogP) is 1.11. The molecule has 0 bridgehead atoms. The van der Waals surface area contributed by atoms with Crippen LogP contribution in [-0.2, 0) is 0 Å². The molecule has 0 atom stereocenters. The molecular weight excluding hydrogens is 208 g/mol. The molecule has 2 aromatic rings. The van der Waals surface area contributed by atoms with Crippen LogP contribution in [0.25, 0.3) is 10.9 Å². The lowest BCUT2D eigenvalue weighted by Crippen LogP contribution is -2.07. The lowest BCUT2D eigenvalue weighted by atomic mass is 10.1. The zero-order chi connectivity index (χ0) is 11.7. The number of aromatic hydroxyl groups is 1. The van der Waals surface area contributed by atoms with Gasteiger partial charge in [-0.25, -0.2) is 0 Å². The molecule has 1 heterocycles. The number of methoxy groups -OCH3 is 1. The van der Waals surface area contributed by atoms with Crippen LogP contribution in [0.5, 0.6) is 11.5 Å². The highest BCUT2D eigenvalue weighted by Crippen LogP contribution is 2.28. The van der Waals surface area contributed by atoms with Crippen molar-refractivity contribution >= 4 is 10.9 Å². The smallest absolute Gasteiger partial charge is 0.207 e. The van der Waals surface area contributed by atoms with Gasteiger partial charge >= 0.3 is 0 Å². The number of hydrogen-bond donors (Lipinski definition) is 2. The molecular formula is C11H8N2O3. The maximum Gasteiger partial charge on any atom is 0.207 e. The molecule has 16 heavy (non-hydrogen) atoms. The van der Waals surface area contributed by atoms with Crippen LogP contribution in [-0.4, -0.2) is 17.2 Å². The first kappa shape index (κ1) is 10.1. The number of nitrogens with one attached hydrogen (secondary N) is 1. The van der Waals surface area contributed by atoms with E-state index in [-0.39, 0.29) is 22.4 Å². The number of hydrogen-bond acceptors (Lipinski definition) is 4. The van der Waals surface area contributed by atoms with Crippen molar-refractivity contribution in [3.05, 3.63) is 34.1 Å². The van der Waals surface area contributed by atoms with Crippen molar-refractivity contribution in [2.24, 2.45) is 0 Å². The summed E-state index contributed by atoms with van der Waals surface area (Å²) in [7, 11) is 1.42. The zero-order valence-electron chi connectivity index (χ0n) is 8.44. The number of nitriles is 1. The maximum atomic E-state index is 11.7. The van der Waals surface area contributed by atoms with Crippen LogP contribution in [0.3, 0.4) is 0 Å². The van der Waals surface area contributed by atoms with E-state index in [1.54, 1.807) is 6.07 Å². The summed E-state index contributed by atoms with van der Waals surface area (Å²) < 4.78 is 4.91. The number of aromatic amines is 1. The summed E-state index contributed by atoms with van der Waals surface area (Å²) in [6.07, 6.45) is 1.33. The fourth-order valence-electron chi connectivity index (χ4n) is 1.48. The molecule has 0 saturated carbocycles. The third-order valence-electron chi connectivity index (χ3n) is 2.30. The van der Waals surface area contributed by atoms with Crippen LogP contribution in [0, 0.1) is 11.3 Å². The van der Waals surface area contributed by atoms with Crippen LogP contribution in [0.2, 0.25) is 0 Å². The molecule has 0 aliphatic carbocycles. The normalized spacial score (nSPS) is 10.0. The van der Waals surface area contributed by atoms with Gasteiger partial charge in [0.2, 0.25) is 5.43 Å². The summed E-state index contributed by atoms with van der Waals surface area (Å²) in [4.78, 5) is 14.5. The van der Waals surface area contributed by atoms with E-state index in [4.69, 9.17) is 10.00 Å². The van der Waals surface area contributed by atoms with Gasteiger partial charge in [-0.2, -0.15) is 5.26 Å². The molecule has 5 heteroatoms. The molecule has 0 radical (unpaired) electrons. The van der Waals surface area contributed by atoms with E-state index in [2.05, 4.69) is 4.98 Å². The summed E-state index contributed by atoms with van der Waals surface area (Å²) >= 11 is 0. The number of phenols is 1. The molecule has 2 rings (SSSR count). The van der Waals surface area contributed by atoms with Gasteiger partial charge in [0, 0.05) is 12.3 Å². The molecule has 2 N–H and O–H groups in total. The number of nitrogens with zero attached hydrogens (tertiary/aromatic N) is 1. The summed E-state index contributed by atoms with van der Waals surface area (Å²) in [5, 5.41) is 18.5. The highest BCUT2D eigenvalue weighted by Gasteiger charge is 2.09. The average molecular weight is 216 g/mol. The topological polar surface area (TPSA) is 86.1 Å². The lowest BCUT2D eigenvalue weighted by molar-refractivity contribution is 0.374.